The Kier molecular flexibility index (Phi) is 7.48. The van der Waals surface area contributed by atoms with Gasteiger partial charge in [-0.15, -0.1) is 0 Å². The highest BCUT2D eigenvalue weighted by atomic mass is 35.5. The first-order valence-electron chi connectivity index (χ1n) is 8.06. The maximum absolute atomic E-state index is 12.0. The van der Waals surface area contributed by atoms with Crippen molar-refractivity contribution < 1.29 is 22.7 Å². The fraction of sp³-hybridized carbons (Fsp3) is 0.316. The maximum atomic E-state index is 12.0. The first kappa shape index (κ1) is 20.3. The number of aryl methyl sites for hydroxylation is 1. The summed E-state index contributed by atoms with van der Waals surface area (Å²) in [7, 11) is 0. The molecular formula is C19H19ClF3NO2. The second-order valence-electron chi connectivity index (χ2n) is 5.79. The molecule has 0 heterocycles. The number of carbonyl (C=O) groups is 1. The number of carbonyl (C=O) groups excluding carboxylic acids is 1. The maximum Gasteiger partial charge on any atom is 0.411 e. The lowest BCUT2D eigenvalue weighted by Crippen LogP contribution is -2.23. The molecule has 0 aromatic heterocycles. The third kappa shape index (κ3) is 7.45. The van der Waals surface area contributed by atoms with E-state index in [0.29, 0.717) is 30.0 Å². The second kappa shape index (κ2) is 9.59. The van der Waals surface area contributed by atoms with Gasteiger partial charge >= 0.3 is 6.18 Å². The molecule has 0 fully saturated rings. The standard InChI is InChI=1S/C19H19ClF3NO2/c20-17-4-2-1-3-16(17)9-10-18(25)24-11-14-5-7-15(8-6-14)12-26-13-19(21,22)23/h1-8H,9-13H2,(H,24,25). The Morgan fingerprint density at radius 3 is 2.35 bits per heavy atom. The van der Waals surface area contributed by atoms with Crippen LogP contribution in [0.15, 0.2) is 48.5 Å². The van der Waals surface area contributed by atoms with E-state index in [1.54, 1.807) is 30.3 Å². The Balaban J connectivity index is 1.72. The minimum atomic E-state index is -4.33. The van der Waals surface area contributed by atoms with Crippen molar-refractivity contribution in [3.05, 3.63) is 70.2 Å². The van der Waals surface area contributed by atoms with Gasteiger partial charge < -0.3 is 10.1 Å². The molecule has 0 radical (unpaired) electrons. The largest absolute Gasteiger partial charge is 0.411 e. The average Bonchev–Trinajstić information content (AvgIpc) is 2.59. The highest BCUT2D eigenvalue weighted by Crippen LogP contribution is 2.17. The first-order chi connectivity index (χ1) is 12.3. The van der Waals surface area contributed by atoms with E-state index in [4.69, 9.17) is 11.6 Å². The minimum Gasteiger partial charge on any atom is -0.367 e. The van der Waals surface area contributed by atoms with Crippen molar-refractivity contribution >= 4 is 17.5 Å². The fourth-order valence-corrected chi connectivity index (χ4v) is 2.51. The number of ether oxygens (including phenoxy) is 1. The molecule has 0 bridgehead atoms. The predicted molar refractivity (Wildman–Crippen MR) is 93.8 cm³/mol. The van der Waals surface area contributed by atoms with Crippen molar-refractivity contribution in [1.82, 2.24) is 5.32 Å². The van der Waals surface area contributed by atoms with Crippen molar-refractivity contribution in [3.63, 3.8) is 0 Å². The molecule has 0 atom stereocenters. The van der Waals surface area contributed by atoms with Crippen molar-refractivity contribution in [2.75, 3.05) is 6.61 Å². The lowest BCUT2D eigenvalue weighted by Gasteiger charge is -2.09. The molecule has 7 heteroatoms. The number of rotatable bonds is 8. The summed E-state index contributed by atoms with van der Waals surface area (Å²) >= 11 is 6.05. The van der Waals surface area contributed by atoms with Gasteiger partial charge in [0.1, 0.15) is 6.61 Å². The van der Waals surface area contributed by atoms with Crippen LogP contribution in [0.4, 0.5) is 13.2 Å². The van der Waals surface area contributed by atoms with Gasteiger partial charge in [0.15, 0.2) is 0 Å². The smallest absolute Gasteiger partial charge is 0.367 e. The topological polar surface area (TPSA) is 38.3 Å². The Labute approximate surface area is 155 Å². The van der Waals surface area contributed by atoms with E-state index in [2.05, 4.69) is 10.1 Å². The summed E-state index contributed by atoms with van der Waals surface area (Å²) in [6.45, 7) is -1.02. The number of alkyl halides is 3. The lowest BCUT2D eigenvalue weighted by atomic mass is 10.1. The summed E-state index contributed by atoms with van der Waals surface area (Å²) in [6.07, 6.45) is -3.44. The summed E-state index contributed by atoms with van der Waals surface area (Å²) in [5.41, 5.74) is 2.42. The normalized spacial score (nSPS) is 11.4. The van der Waals surface area contributed by atoms with Crippen LogP contribution in [0.2, 0.25) is 5.02 Å². The van der Waals surface area contributed by atoms with E-state index in [0.717, 1.165) is 11.1 Å². The summed E-state index contributed by atoms with van der Waals surface area (Å²) in [6, 6.07) is 14.2. The zero-order valence-corrected chi connectivity index (χ0v) is 14.7. The molecule has 0 aliphatic rings. The number of nitrogens with one attached hydrogen (secondary N) is 1. The van der Waals surface area contributed by atoms with E-state index in [-0.39, 0.29) is 12.5 Å². The molecule has 140 valence electrons. The first-order valence-corrected chi connectivity index (χ1v) is 8.44. The molecule has 0 aliphatic carbocycles. The van der Waals surface area contributed by atoms with E-state index in [1.807, 2.05) is 18.2 Å². The highest BCUT2D eigenvalue weighted by Gasteiger charge is 2.27. The Morgan fingerprint density at radius 2 is 1.69 bits per heavy atom. The zero-order valence-electron chi connectivity index (χ0n) is 14.0. The molecule has 2 rings (SSSR count). The average molecular weight is 386 g/mol. The third-order valence-corrected chi connectivity index (χ3v) is 4.00. The monoisotopic (exact) mass is 385 g/mol. The molecule has 0 saturated heterocycles. The van der Waals surface area contributed by atoms with Gasteiger partial charge in [-0.1, -0.05) is 54.1 Å². The predicted octanol–water partition coefficient (Wildman–Crippen LogP) is 4.67. The van der Waals surface area contributed by atoms with Crippen LogP contribution in [0, 0.1) is 0 Å². The van der Waals surface area contributed by atoms with Gasteiger partial charge in [0, 0.05) is 18.0 Å². The van der Waals surface area contributed by atoms with Crippen LogP contribution in [0.3, 0.4) is 0 Å². The number of amides is 1. The van der Waals surface area contributed by atoms with Gasteiger partial charge in [0.25, 0.3) is 0 Å². The van der Waals surface area contributed by atoms with Crippen molar-refractivity contribution in [2.45, 2.75) is 32.2 Å². The molecule has 0 spiro atoms. The molecule has 0 unspecified atom stereocenters. The second-order valence-corrected chi connectivity index (χ2v) is 6.20. The molecule has 1 N–H and O–H groups in total. The molecule has 0 saturated carbocycles. The molecule has 26 heavy (non-hydrogen) atoms. The Bertz CT molecular complexity index is 717. The van der Waals surface area contributed by atoms with Gasteiger partial charge in [-0.05, 0) is 29.2 Å². The molecular weight excluding hydrogens is 367 g/mol. The zero-order chi connectivity index (χ0) is 19.0. The summed E-state index contributed by atoms with van der Waals surface area (Å²) in [4.78, 5) is 11.9. The summed E-state index contributed by atoms with van der Waals surface area (Å²) in [5.74, 6) is -0.0949. The van der Waals surface area contributed by atoms with Crippen LogP contribution >= 0.6 is 11.6 Å². The van der Waals surface area contributed by atoms with Crippen LogP contribution in [0.5, 0.6) is 0 Å². The van der Waals surface area contributed by atoms with Crippen molar-refractivity contribution in [3.8, 4) is 0 Å². The molecule has 2 aromatic carbocycles. The molecule has 2 aromatic rings. The van der Waals surface area contributed by atoms with Crippen molar-refractivity contribution in [2.24, 2.45) is 0 Å². The SMILES string of the molecule is O=C(CCc1ccccc1Cl)NCc1ccc(COCC(F)(F)F)cc1. The third-order valence-electron chi connectivity index (χ3n) is 3.63. The van der Waals surface area contributed by atoms with Crippen LogP contribution in [-0.4, -0.2) is 18.7 Å². The van der Waals surface area contributed by atoms with E-state index in [1.165, 1.54) is 0 Å². The van der Waals surface area contributed by atoms with Gasteiger partial charge in [-0.25, -0.2) is 0 Å². The van der Waals surface area contributed by atoms with Gasteiger partial charge in [-0.3, -0.25) is 4.79 Å². The number of benzene rings is 2. The lowest BCUT2D eigenvalue weighted by molar-refractivity contribution is -0.176. The van der Waals surface area contributed by atoms with E-state index < -0.39 is 12.8 Å². The molecule has 1 amide bonds. The van der Waals surface area contributed by atoms with E-state index in [9.17, 15) is 18.0 Å². The van der Waals surface area contributed by atoms with Gasteiger partial charge in [0.2, 0.25) is 5.91 Å². The Morgan fingerprint density at radius 1 is 1.04 bits per heavy atom. The summed E-state index contributed by atoms with van der Waals surface area (Å²) in [5, 5.41) is 3.45. The van der Waals surface area contributed by atoms with E-state index >= 15 is 0 Å². The Hall–Kier alpha value is -2.05. The number of halogens is 4. The van der Waals surface area contributed by atoms with Gasteiger partial charge in [-0.2, -0.15) is 13.2 Å². The highest BCUT2D eigenvalue weighted by molar-refractivity contribution is 6.31. The van der Waals surface area contributed by atoms with Crippen LogP contribution in [0.1, 0.15) is 23.1 Å². The van der Waals surface area contributed by atoms with Crippen molar-refractivity contribution in [1.29, 1.82) is 0 Å². The molecule has 0 aliphatic heterocycles. The summed E-state index contributed by atoms with van der Waals surface area (Å²) < 4.78 is 40.7. The minimum absolute atomic E-state index is 0.0949. The van der Waals surface area contributed by atoms with Gasteiger partial charge in [0.05, 0.1) is 6.61 Å². The quantitative estimate of drug-likeness (QED) is 0.717. The fourth-order valence-electron chi connectivity index (χ4n) is 2.28. The van der Waals surface area contributed by atoms with Crippen LogP contribution in [0.25, 0.3) is 0 Å². The number of hydrogen-bond acceptors (Lipinski definition) is 2. The van der Waals surface area contributed by atoms with Crippen LogP contribution < -0.4 is 5.32 Å². The van der Waals surface area contributed by atoms with Crippen LogP contribution in [-0.2, 0) is 29.1 Å². The molecule has 3 nitrogen and oxygen atoms in total. The number of hydrogen-bond donors (Lipinski definition) is 1.